The number of nitrogens with one attached hydrogen (secondary N) is 1. The van der Waals surface area contributed by atoms with Gasteiger partial charge in [0.15, 0.2) is 11.0 Å². The van der Waals surface area contributed by atoms with E-state index in [-0.39, 0.29) is 16.6 Å². The number of hydrogen-bond acceptors (Lipinski definition) is 8. The molecule has 0 spiro atoms. The maximum Gasteiger partial charge on any atom is 0.243 e. The van der Waals surface area contributed by atoms with Gasteiger partial charge in [-0.2, -0.15) is 4.31 Å². The second-order valence-corrected chi connectivity index (χ2v) is 11.2. The van der Waals surface area contributed by atoms with Crippen LogP contribution in [0.25, 0.3) is 11.4 Å². The number of carbonyl (C=O) groups excluding carboxylic acids is 1. The van der Waals surface area contributed by atoms with Gasteiger partial charge in [0.2, 0.25) is 15.9 Å². The molecule has 1 aromatic heterocycles. The summed E-state index contributed by atoms with van der Waals surface area (Å²) in [4.78, 5) is 13.0. The molecule has 1 N–H and O–H groups in total. The quantitative estimate of drug-likeness (QED) is 0.362. The van der Waals surface area contributed by atoms with E-state index in [1.165, 1.54) is 16.1 Å². The van der Waals surface area contributed by atoms with Crippen LogP contribution in [-0.2, 0) is 21.9 Å². The lowest BCUT2D eigenvalue weighted by Gasteiger charge is -2.16. The van der Waals surface area contributed by atoms with Crippen LogP contribution in [0.15, 0.2) is 52.5 Å². The molecule has 1 aliphatic rings. The Kier molecular flexibility index (Phi) is 8.72. The standard InChI is InChI=1S/C25H31N5O5S2/c1-4-34-20-9-8-10-21(35-5-2)23(20)26-22(31)17-36-25-28-27-24(29(25)3)18-11-13-19(14-12-18)37(32,33)30-15-6-7-16-30/h8-14H,4-7,15-17H2,1-3H3,(H,26,31). The number of carbonyl (C=O) groups is 1. The van der Waals surface area contributed by atoms with Crippen LogP contribution in [0.5, 0.6) is 11.5 Å². The molecule has 10 nitrogen and oxygen atoms in total. The monoisotopic (exact) mass is 545 g/mol. The Bertz CT molecular complexity index is 1310. The first-order chi connectivity index (χ1) is 17.8. The maximum atomic E-state index is 12.8. The third kappa shape index (κ3) is 6.08. The van der Waals surface area contributed by atoms with E-state index < -0.39 is 10.0 Å². The fraction of sp³-hybridized carbons (Fsp3) is 0.400. The van der Waals surface area contributed by atoms with Crippen molar-refractivity contribution in [2.75, 3.05) is 37.4 Å². The van der Waals surface area contributed by atoms with Crippen molar-refractivity contribution in [2.45, 2.75) is 36.7 Å². The van der Waals surface area contributed by atoms with Crippen LogP contribution in [0.1, 0.15) is 26.7 Å². The third-order valence-corrected chi connectivity index (χ3v) is 8.77. The van der Waals surface area contributed by atoms with Gasteiger partial charge in [0.25, 0.3) is 0 Å². The summed E-state index contributed by atoms with van der Waals surface area (Å²) in [7, 11) is -1.67. The third-order valence-electron chi connectivity index (χ3n) is 5.83. The number of amides is 1. The smallest absolute Gasteiger partial charge is 0.243 e. The van der Waals surface area contributed by atoms with Gasteiger partial charge in [0.1, 0.15) is 17.2 Å². The topological polar surface area (TPSA) is 116 Å². The molecule has 1 amide bonds. The zero-order valence-corrected chi connectivity index (χ0v) is 22.8. The maximum absolute atomic E-state index is 12.8. The zero-order chi connectivity index (χ0) is 26.4. The van der Waals surface area contributed by atoms with Crippen molar-refractivity contribution < 1.29 is 22.7 Å². The molecule has 0 bridgehead atoms. The van der Waals surface area contributed by atoms with E-state index in [1.54, 1.807) is 41.0 Å². The summed E-state index contributed by atoms with van der Waals surface area (Å²) in [6.07, 6.45) is 1.78. The van der Waals surface area contributed by atoms with E-state index in [1.807, 2.05) is 27.0 Å². The van der Waals surface area contributed by atoms with Gasteiger partial charge in [0.05, 0.1) is 23.9 Å². The highest BCUT2D eigenvalue weighted by atomic mass is 32.2. The number of nitrogens with zero attached hydrogens (tertiary/aromatic N) is 4. The minimum Gasteiger partial charge on any atom is -0.492 e. The highest BCUT2D eigenvalue weighted by Crippen LogP contribution is 2.35. The van der Waals surface area contributed by atoms with Crippen LogP contribution in [0.3, 0.4) is 0 Å². The number of benzene rings is 2. The first kappa shape index (κ1) is 27.0. The number of sulfonamides is 1. The van der Waals surface area contributed by atoms with Crippen molar-refractivity contribution in [1.29, 1.82) is 0 Å². The molecule has 0 radical (unpaired) electrons. The summed E-state index contributed by atoms with van der Waals surface area (Å²) >= 11 is 1.25. The first-order valence-corrected chi connectivity index (χ1v) is 14.6. The van der Waals surface area contributed by atoms with Crippen LogP contribution in [-0.4, -0.2) is 65.5 Å². The molecule has 2 heterocycles. The molecule has 0 saturated carbocycles. The van der Waals surface area contributed by atoms with E-state index in [9.17, 15) is 13.2 Å². The van der Waals surface area contributed by atoms with Crippen molar-refractivity contribution in [2.24, 2.45) is 7.05 Å². The van der Waals surface area contributed by atoms with Crippen molar-refractivity contribution in [3.05, 3.63) is 42.5 Å². The molecule has 12 heteroatoms. The summed E-state index contributed by atoms with van der Waals surface area (Å²) in [6.45, 7) is 5.79. The van der Waals surface area contributed by atoms with Crippen molar-refractivity contribution in [3.8, 4) is 22.9 Å². The summed E-state index contributed by atoms with van der Waals surface area (Å²) in [5, 5.41) is 11.9. The number of aromatic nitrogens is 3. The fourth-order valence-electron chi connectivity index (χ4n) is 4.04. The van der Waals surface area contributed by atoms with Crippen LogP contribution in [0, 0.1) is 0 Å². The van der Waals surface area contributed by atoms with Crippen LogP contribution < -0.4 is 14.8 Å². The van der Waals surface area contributed by atoms with Gasteiger partial charge in [-0.1, -0.05) is 17.8 Å². The Hall–Kier alpha value is -3.09. The lowest BCUT2D eigenvalue weighted by molar-refractivity contribution is -0.113. The second-order valence-electron chi connectivity index (χ2n) is 8.33. The molecule has 1 aliphatic heterocycles. The number of ether oxygens (including phenoxy) is 2. The number of rotatable bonds is 11. The molecular formula is C25H31N5O5S2. The Labute approximate surface area is 221 Å². The lowest BCUT2D eigenvalue weighted by Crippen LogP contribution is -2.27. The van der Waals surface area contributed by atoms with E-state index in [2.05, 4.69) is 15.5 Å². The SMILES string of the molecule is CCOc1cccc(OCC)c1NC(=O)CSc1nnc(-c2ccc(S(=O)(=O)N3CCCC3)cc2)n1C. The van der Waals surface area contributed by atoms with E-state index >= 15 is 0 Å². The summed E-state index contributed by atoms with van der Waals surface area (Å²) in [5.74, 6) is 1.53. The van der Waals surface area contributed by atoms with Crippen LogP contribution in [0.2, 0.25) is 0 Å². The Morgan fingerprint density at radius 3 is 2.22 bits per heavy atom. The molecule has 1 saturated heterocycles. The van der Waals surface area contributed by atoms with Gasteiger partial charge in [-0.05, 0) is 63.1 Å². The van der Waals surface area contributed by atoms with Gasteiger partial charge >= 0.3 is 0 Å². The molecular weight excluding hydrogens is 514 g/mol. The minimum absolute atomic E-state index is 0.102. The molecule has 0 unspecified atom stereocenters. The van der Waals surface area contributed by atoms with E-state index in [0.717, 1.165) is 18.4 Å². The van der Waals surface area contributed by atoms with Gasteiger partial charge in [-0.15, -0.1) is 10.2 Å². The first-order valence-electron chi connectivity index (χ1n) is 12.2. The Balaban J connectivity index is 1.43. The molecule has 0 atom stereocenters. The lowest BCUT2D eigenvalue weighted by atomic mass is 10.2. The molecule has 1 fully saturated rings. The van der Waals surface area contributed by atoms with Crippen molar-refractivity contribution in [1.82, 2.24) is 19.1 Å². The number of para-hydroxylation sites is 1. The van der Waals surface area contributed by atoms with Crippen molar-refractivity contribution in [3.63, 3.8) is 0 Å². The minimum atomic E-state index is -3.48. The number of anilines is 1. The number of hydrogen-bond donors (Lipinski definition) is 1. The van der Waals surface area contributed by atoms with Gasteiger partial charge < -0.3 is 19.4 Å². The van der Waals surface area contributed by atoms with Gasteiger partial charge in [-0.3, -0.25) is 4.79 Å². The number of thioether (sulfide) groups is 1. The fourth-order valence-corrected chi connectivity index (χ4v) is 6.26. The highest BCUT2D eigenvalue weighted by molar-refractivity contribution is 7.99. The van der Waals surface area contributed by atoms with Crippen LogP contribution in [0.4, 0.5) is 5.69 Å². The molecule has 4 rings (SSSR count). The average Bonchev–Trinajstić information content (AvgIpc) is 3.56. The van der Waals surface area contributed by atoms with E-state index in [0.29, 0.717) is 54.5 Å². The predicted molar refractivity (Wildman–Crippen MR) is 143 cm³/mol. The molecule has 2 aromatic carbocycles. The molecule has 37 heavy (non-hydrogen) atoms. The Morgan fingerprint density at radius 1 is 1.00 bits per heavy atom. The predicted octanol–water partition coefficient (Wildman–Crippen LogP) is 3.79. The highest BCUT2D eigenvalue weighted by Gasteiger charge is 2.27. The van der Waals surface area contributed by atoms with E-state index in [4.69, 9.17) is 9.47 Å². The van der Waals surface area contributed by atoms with Crippen LogP contribution >= 0.6 is 11.8 Å². The Morgan fingerprint density at radius 2 is 1.62 bits per heavy atom. The summed E-state index contributed by atoms with van der Waals surface area (Å²) in [6, 6.07) is 12.0. The van der Waals surface area contributed by atoms with Crippen molar-refractivity contribution >= 4 is 33.4 Å². The molecule has 0 aliphatic carbocycles. The van der Waals surface area contributed by atoms with Gasteiger partial charge in [0, 0.05) is 25.7 Å². The summed E-state index contributed by atoms with van der Waals surface area (Å²) < 4.78 is 40.2. The zero-order valence-electron chi connectivity index (χ0n) is 21.1. The normalized spacial score (nSPS) is 14.0. The average molecular weight is 546 g/mol. The second kappa shape index (κ2) is 12.0. The molecule has 3 aromatic rings. The molecule has 198 valence electrons. The van der Waals surface area contributed by atoms with Gasteiger partial charge in [-0.25, -0.2) is 8.42 Å². The summed E-state index contributed by atoms with van der Waals surface area (Å²) in [5.41, 5.74) is 1.23. The largest absolute Gasteiger partial charge is 0.492 e.